The fourth-order valence-corrected chi connectivity index (χ4v) is 2.75. The van der Waals surface area contributed by atoms with Crippen molar-refractivity contribution in [3.63, 3.8) is 0 Å². The van der Waals surface area contributed by atoms with E-state index in [1.165, 1.54) is 0 Å². The zero-order chi connectivity index (χ0) is 23.0. The molecule has 0 atom stereocenters. The second kappa shape index (κ2) is 10.8. The average Bonchev–Trinajstić information content (AvgIpc) is 2.68. The molecule has 0 fully saturated rings. The summed E-state index contributed by atoms with van der Waals surface area (Å²) in [5.41, 5.74) is 1.78. The standard InChI is InChI=1S/C23H29ClN4O3/c1-5-7-20(29)26-17-10-11-18(24)19(13-17)25-14-21(30)27-15-8-6-9-16(12-15)28-22(31)23(2,3)4/h6,8-13,25H,5,7,14H2,1-4H3,(H,26,29)(H,27,30)(H,28,31). The summed E-state index contributed by atoms with van der Waals surface area (Å²) in [6.45, 7) is 7.39. The van der Waals surface area contributed by atoms with Crippen molar-refractivity contribution in [3.05, 3.63) is 47.5 Å². The third kappa shape index (κ3) is 7.94. The minimum Gasteiger partial charge on any atom is -0.375 e. The summed E-state index contributed by atoms with van der Waals surface area (Å²) in [4.78, 5) is 36.3. The van der Waals surface area contributed by atoms with Gasteiger partial charge in [0.2, 0.25) is 17.7 Å². The number of anilines is 4. The Morgan fingerprint density at radius 1 is 0.871 bits per heavy atom. The normalized spacial score (nSPS) is 10.9. The third-order valence-electron chi connectivity index (χ3n) is 4.25. The number of nitrogens with one attached hydrogen (secondary N) is 4. The van der Waals surface area contributed by atoms with Gasteiger partial charge >= 0.3 is 0 Å². The number of hydrogen-bond donors (Lipinski definition) is 4. The van der Waals surface area contributed by atoms with Gasteiger partial charge in [-0.1, -0.05) is 45.4 Å². The fourth-order valence-electron chi connectivity index (χ4n) is 2.56. The van der Waals surface area contributed by atoms with Crippen LogP contribution in [0.25, 0.3) is 0 Å². The summed E-state index contributed by atoms with van der Waals surface area (Å²) in [5, 5.41) is 11.8. The van der Waals surface area contributed by atoms with Gasteiger partial charge in [0.25, 0.3) is 0 Å². The van der Waals surface area contributed by atoms with Gasteiger partial charge in [0, 0.05) is 28.9 Å². The smallest absolute Gasteiger partial charge is 0.243 e. The molecular weight excluding hydrogens is 416 g/mol. The van der Waals surface area contributed by atoms with Crippen LogP contribution in [0.15, 0.2) is 42.5 Å². The quantitative estimate of drug-likeness (QED) is 0.454. The Labute approximate surface area is 187 Å². The Bertz CT molecular complexity index is 954. The van der Waals surface area contributed by atoms with Gasteiger partial charge < -0.3 is 21.3 Å². The predicted octanol–water partition coefficient (Wildman–Crippen LogP) is 5.11. The number of halogens is 1. The minimum absolute atomic E-state index is 0.0232. The SMILES string of the molecule is CCCC(=O)Nc1ccc(Cl)c(NCC(=O)Nc2cccc(NC(=O)C(C)(C)C)c2)c1. The molecule has 3 amide bonds. The molecule has 166 valence electrons. The molecule has 31 heavy (non-hydrogen) atoms. The lowest BCUT2D eigenvalue weighted by atomic mass is 9.95. The molecule has 0 aromatic heterocycles. The van der Waals surface area contributed by atoms with Crippen LogP contribution in [0, 0.1) is 5.41 Å². The van der Waals surface area contributed by atoms with E-state index in [1.54, 1.807) is 42.5 Å². The molecule has 0 aliphatic heterocycles. The molecule has 7 nitrogen and oxygen atoms in total. The first kappa shape index (κ1) is 24.2. The van der Waals surface area contributed by atoms with Crippen LogP contribution in [0.3, 0.4) is 0 Å². The summed E-state index contributed by atoms with van der Waals surface area (Å²) in [6.07, 6.45) is 1.19. The Morgan fingerprint density at radius 2 is 1.48 bits per heavy atom. The van der Waals surface area contributed by atoms with E-state index in [2.05, 4.69) is 21.3 Å². The molecule has 2 rings (SSSR count). The maximum Gasteiger partial charge on any atom is 0.243 e. The Hall–Kier alpha value is -3.06. The minimum atomic E-state index is -0.521. The second-order valence-corrected chi connectivity index (χ2v) is 8.59. The Morgan fingerprint density at radius 3 is 2.13 bits per heavy atom. The van der Waals surface area contributed by atoms with E-state index in [9.17, 15) is 14.4 Å². The van der Waals surface area contributed by atoms with Crippen molar-refractivity contribution in [2.45, 2.75) is 40.5 Å². The van der Waals surface area contributed by atoms with Crippen LogP contribution in [-0.4, -0.2) is 24.3 Å². The fraction of sp³-hybridized carbons (Fsp3) is 0.348. The number of carbonyl (C=O) groups excluding carboxylic acids is 3. The zero-order valence-corrected chi connectivity index (χ0v) is 19.0. The van der Waals surface area contributed by atoms with Crippen molar-refractivity contribution in [1.29, 1.82) is 0 Å². The topological polar surface area (TPSA) is 99.3 Å². The number of rotatable bonds is 8. The molecule has 0 saturated heterocycles. The van der Waals surface area contributed by atoms with Crippen LogP contribution in [0.1, 0.15) is 40.5 Å². The molecule has 0 aliphatic rings. The van der Waals surface area contributed by atoms with Crippen LogP contribution in [0.5, 0.6) is 0 Å². The average molecular weight is 445 g/mol. The lowest BCUT2D eigenvalue weighted by Crippen LogP contribution is -2.27. The van der Waals surface area contributed by atoms with Crippen LogP contribution in [-0.2, 0) is 14.4 Å². The second-order valence-electron chi connectivity index (χ2n) is 8.18. The van der Waals surface area contributed by atoms with Gasteiger partial charge in [-0.15, -0.1) is 0 Å². The predicted molar refractivity (Wildman–Crippen MR) is 127 cm³/mol. The number of amides is 3. The van der Waals surface area contributed by atoms with Crippen molar-refractivity contribution in [2.75, 3.05) is 27.8 Å². The van der Waals surface area contributed by atoms with Gasteiger partial charge in [-0.3, -0.25) is 14.4 Å². The van der Waals surface area contributed by atoms with Crippen LogP contribution in [0.4, 0.5) is 22.7 Å². The van der Waals surface area contributed by atoms with Crippen molar-refractivity contribution >= 4 is 52.1 Å². The number of benzene rings is 2. The highest BCUT2D eigenvalue weighted by molar-refractivity contribution is 6.33. The summed E-state index contributed by atoms with van der Waals surface area (Å²) in [6, 6.07) is 12.0. The van der Waals surface area contributed by atoms with E-state index in [0.29, 0.717) is 34.2 Å². The number of carbonyl (C=O) groups is 3. The highest BCUT2D eigenvalue weighted by atomic mass is 35.5. The van der Waals surface area contributed by atoms with Crippen LogP contribution in [0.2, 0.25) is 5.02 Å². The monoisotopic (exact) mass is 444 g/mol. The van der Waals surface area contributed by atoms with Gasteiger partial charge in [-0.05, 0) is 42.8 Å². The van der Waals surface area contributed by atoms with Crippen molar-refractivity contribution in [3.8, 4) is 0 Å². The van der Waals surface area contributed by atoms with Gasteiger partial charge in [0.05, 0.1) is 17.3 Å². The van der Waals surface area contributed by atoms with Gasteiger partial charge in [-0.2, -0.15) is 0 Å². The Kier molecular flexibility index (Phi) is 8.45. The molecule has 0 aliphatic carbocycles. The summed E-state index contributed by atoms with van der Waals surface area (Å²) >= 11 is 6.20. The first-order valence-electron chi connectivity index (χ1n) is 10.1. The van der Waals surface area contributed by atoms with Crippen molar-refractivity contribution in [1.82, 2.24) is 0 Å². The molecule has 4 N–H and O–H groups in total. The molecule has 0 spiro atoms. The number of hydrogen-bond acceptors (Lipinski definition) is 4. The third-order valence-corrected chi connectivity index (χ3v) is 4.58. The first-order valence-corrected chi connectivity index (χ1v) is 10.5. The summed E-state index contributed by atoms with van der Waals surface area (Å²) < 4.78 is 0. The molecule has 2 aromatic carbocycles. The first-order chi connectivity index (χ1) is 14.6. The van der Waals surface area contributed by atoms with E-state index in [1.807, 2.05) is 27.7 Å². The maximum atomic E-state index is 12.4. The molecule has 0 radical (unpaired) electrons. The van der Waals surface area contributed by atoms with Crippen LogP contribution >= 0.6 is 11.6 Å². The van der Waals surface area contributed by atoms with Crippen molar-refractivity contribution < 1.29 is 14.4 Å². The largest absolute Gasteiger partial charge is 0.375 e. The van der Waals surface area contributed by atoms with E-state index >= 15 is 0 Å². The van der Waals surface area contributed by atoms with E-state index in [-0.39, 0.29) is 24.3 Å². The maximum absolute atomic E-state index is 12.4. The molecule has 0 saturated carbocycles. The van der Waals surface area contributed by atoms with Crippen LogP contribution < -0.4 is 21.3 Å². The lowest BCUT2D eigenvalue weighted by Gasteiger charge is -2.18. The van der Waals surface area contributed by atoms with Gasteiger partial charge in [0.1, 0.15) is 0 Å². The molecular formula is C23H29ClN4O3. The molecule has 0 bridgehead atoms. The zero-order valence-electron chi connectivity index (χ0n) is 18.3. The van der Waals surface area contributed by atoms with Gasteiger partial charge in [0.15, 0.2) is 0 Å². The van der Waals surface area contributed by atoms with Gasteiger partial charge in [-0.25, -0.2) is 0 Å². The molecule has 0 unspecified atom stereocenters. The van der Waals surface area contributed by atoms with E-state index < -0.39 is 5.41 Å². The lowest BCUT2D eigenvalue weighted by molar-refractivity contribution is -0.123. The highest BCUT2D eigenvalue weighted by Gasteiger charge is 2.21. The van der Waals surface area contributed by atoms with E-state index in [4.69, 9.17) is 11.6 Å². The summed E-state index contributed by atoms with van der Waals surface area (Å²) in [7, 11) is 0. The highest BCUT2D eigenvalue weighted by Crippen LogP contribution is 2.26. The Balaban J connectivity index is 1.96. The molecule has 0 heterocycles. The molecule has 2 aromatic rings. The summed E-state index contributed by atoms with van der Waals surface area (Å²) in [5.74, 6) is -0.471. The van der Waals surface area contributed by atoms with Crippen molar-refractivity contribution in [2.24, 2.45) is 5.41 Å². The van der Waals surface area contributed by atoms with E-state index in [0.717, 1.165) is 6.42 Å². The molecule has 8 heteroatoms.